The smallest absolute Gasteiger partial charge is 0.173 e. The van der Waals surface area contributed by atoms with Crippen LogP contribution in [0.2, 0.25) is 0 Å². The summed E-state index contributed by atoms with van der Waals surface area (Å²) in [5.74, 6) is 1.20. The van der Waals surface area contributed by atoms with Crippen LogP contribution in [0.1, 0.15) is 16.1 Å². The second kappa shape index (κ2) is 5.33. The van der Waals surface area contributed by atoms with Crippen molar-refractivity contribution in [3.05, 3.63) is 53.9 Å². The van der Waals surface area contributed by atoms with Crippen LogP contribution in [0.4, 0.5) is 0 Å². The maximum absolute atomic E-state index is 12.5. The van der Waals surface area contributed by atoms with E-state index < -0.39 is 0 Å². The maximum Gasteiger partial charge on any atom is 0.173 e. The van der Waals surface area contributed by atoms with Crippen molar-refractivity contribution in [3.63, 3.8) is 0 Å². The standard InChI is InChI=1S/C16H15NO3/c1-19-13-5-6-15-14(9-13)16(18)11(10-20-15)8-12-4-2-3-7-17-12/h2-7,9,11H,8,10H2,1H3. The first kappa shape index (κ1) is 12.7. The van der Waals surface area contributed by atoms with Crippen molar-refractivity contribution in [2.24, 2.45) is 5.92 Å². The van der Waals surface area contributed by atoms with Crippen LogP contribution < -0.4 is 9.47 Å². The fourth-order valence-corrected chi connectivity index (χ4v) is 2.36. The van der Waals surface area contributed by atoms with E-state index in [0.717, 1.165) is 5.69 Å². The Bertz CT molecular complexity index is 625. The summed E-state index contributed by atoms with van der Waals surface area (Å²) < 4.78 is 10.8. The van der Waals surface area contributed by atoms with E-state index >= 15 is 0 Å². The molecule has 0 amide bonds. The number of pyridine rings is 1. The number of fused-ring (bicyclic) bond motifs is 1. The zero-order valence-electron chi connectivity index (χ0n) is 11.2. The molecule has 0 spiro atoms. The van der Waals surface area contributed by atoms with Gasteiger partial charge in [0.15, 0.2) is 5.78 Å². The molecule has 0 radical (unpaired) electrons. The number of rotatable bonds is 3. The molecule has 2 heterocycles. The predicted molar refractivity (Wildman–Crippen MR) is 74.3 cm³/mol. The summed E-state index contributed by atoms with van der Waals surface area (Å²) in [6.07, 6.45) is 2.33. The Kier molecular flexibility index (Phi) is 3.37. The minimum absolute atomic E-state index is 0.0933. The number of nitrogens with zero attached hydrogens (tertiary/aromatic N) is 1. The molecular formula is C16H15NO3. The highest BCUT2D eigenvalue weighted by molar-refractivity contribution is 6.01. The molecule has 2 aromatic rings. The molecule has 0 saturated heterocycles. The van der Waals surface area contributed by atoms with Gasteiger partial charge in [0.1, 0.15) is 11.5 Å². The van der Waals surface area contributed by atoms with Crippen molar-refractivity contribution in [2.45, 2.75) is 6.42 Å². The first-order chi connectivity index (χ1) is 9.78. The fraction of sp³-hybridized carbons (Fsp3) is 0.250. The van der Waals surface area contributed by atoms with E-state index in [9.17, 15) is 4.79 Å². The number of ketones is 1. The van der Waals surface area contributed by atoms with Gasteiger partial charge >= 0.3 is 0 Å². The lowest BCUT2D eigenvalue weighted by Gasteiger charge is -2.24. The first-order valence-electron chi connectivity index (χ1n) is 6.53. The van der Waals surface area contributed by atoms with E-state index in [-0.39, 0.29) is 11.7 Å². The van der Waals surface area contributed by atoms with Crippen LogP contribution in [0.25, 0.3) is 0 Å². The second-order valence-electron chi connectivity index (χ2n) is 4.76. The summed E-state index contributed by atoms with van der Waals surface area (Å²) in [7, 11) is 1.58. The molecular weight excluding hydrogens is 254 g/mol. The van der Waals surface area contributed by atoms with Crippen molar-refractivity contribution >= 4 is 5.78 Å². The summed E-state index contributed by atoms with van der Waals surface area (Å²) in [6.45, 7) is 0.398. The van der Waals surface area contributed by atoms with E-state index in [2.05, 4.69) is 4.98 Å². The van der Waals surface area contributed by atoms with Crippen molar-refractivity contribution in [3.8, 4) is 11.5 Å². The predicted octanol–water partition coefficient (Wildman–Crippen LogP) is 2.52. The Morgan fingerprint density at radius 2 is 2.25 bits per heavy atom. The van der Waals surface area contributed by atoms with Gasteiger partial charge in [-0.1, -0.05) is 6.07 Å². The lowest BCUT2D eigenvalue weighted by atomic mass is 9.91. The molecule has 1 aromatic carbocycles. The van der Waals surface area contributed by atoms with E-state index in [1.807, 2.05) is 18.2 Å². The molecule has 0 N–H and O–H groups in total. The molecule has 4 nitrogen and oxygen atoms in total. The normalized spacial score (nSPS) is 17.2. The monoisotopic (exact) mass is 269 g/mol. The van der Waals surface area contributed by atoms with E-state index in [1.54, 1.807) is 31.5 Å². The zero-order valence-corrected chi connectivity index (χ0v) is 11.2. The van der Waals surface area contributed by atoms with Crippen LogP contribution in [-0.2, 0) is 6.42 Å². The van der Waals surface area contributed by atoms with E-state index in [4.69, 9.17) is 9.47 Å². The molecule has 3 rings (SSSR count). The van der Waals surface area contributed by atoms with Gasteiger partial charge in [0.2, 0.25) is 0 Å². The highest BCUT2D eigenvalue weighted by Gasteiger charge is 2.29. The van der Waals surface area contributed by atoms with Crippen molar-refractivity contribution in [1.29, 1.82) is 0 Å². The van der Waals surface area contributed by atoms with Gasteiger partial charge in [0.25, 0.3) is 0 Å². The number of carbonyl (C=O) groups is 1. The van der Waals surface area contributed by atoms with Crippen LogP contribution in [0, 0.1) is 5.92 Å². The summed E-state index contributed by atoms with van der Waals surface area (Å²) in [5, 5.41) is 0. The van der Waals surface area contributed by atoms with Gasteiger partial charge in [-0.25, -0.2) is 0 Å². The third-order valence-corrected chi connectivity index (χ3v) is 3.44. The van der Waals surface area contributed by atoms with Crippen LogP contribution >= 0.6 is 0 Å². The summed E-state index contributed by atoms with van der Waals surface area (Å²) >= 11 is 0. The fourth-order valence-electron chi connectivity index (χ4n) is 2.36. The largest absolute Gasteiger partial charge is 0.497 e. The molecule has 0 bridgehead atoms. The lowest BCUT2D eigenvalue weighted by Crippen LogP contribution is -2.29. The average molecular weight is 269 g/mol. The van der Waals surface area contributed by atoms with Gasteiger partial charge < -0.3 is 9.47 Å². The number of ether oxygens (including phenoxy) is 2. The van der Waals surface area contributed by atoms with Gasteiger partial charge in [-0.15, -0.1) is 0 Å². The van der Waals surface area contributed by atoms with Crippen LogP contribution in [0.5, 0.6) is 11.5 Å². The van der Waals surface area contributed by atoms with Crippen LogP contribution in [-0.4, -0.2) is 24.5 Å². The van der Waals surface area contributed by atoms with Crippen molar-refractivity contribution in [2.75, 3.05) is 13.7 Å². The zero-order chi connectivity index (χ0) is 13.9. The first-order valence-corrected chi connectivity index (χ1v) is 6.53. The molecule has 1 aromatic heterocycles. The summed E-state index contributed by atoms with van der Waals surface area (Å²) in [6, 6.07) is 11.0. The SMILES string of the molecule is COc1ccc2c(c1)C(=O)C(Cc1ccccn1)CO2. The van der Waals surface area contributed by atoms with E-state index in [0.29, 0.717) is 30.1 Å². The molecule has 102 valence electrons. The highest BCUT2D eigenvalue weighted by Crippen LogP contribution is 2.31. The molecule has 1 atom stereocenters. The molecule has 0 fully saturated rings. The molecule has 0 saturated carbocycles. The van der Waals surface area contributed by atoms with Crippen molar-refractivity contribution in [1.82, 2.24) is 4.98 Å². The topological polar surface area (TPSA) is 48.4 Å². The Morgan fingerprint density at radius 3 is 3.00 bits per heavy atom. The molecule has 20 heavy (non-hydrogen) atoms. The van der Waals surface area contributed by atoms with Gasteiger partial charge in [-0.2, -0.15) is 0 Å². The number of benzene rings is 1. The minimum atomic E-state index is -0.190. The maximum atomic E-state index is 12.5. The third-order valence-electron chi connectivity index (χ3n) is 3.44. The van der Waals surface area contributed by atoms with Gasteiger partial charge in [-0.3, -0.25) is 9.78 Å². The molecule has 1 unspecified atom stereocenters. The van der Waals surface area contributed by atoms with Gasteiger partial charge in [0.05, 0.1) is 25.2 Å². The molecule has 1 aliphatic heterocycles. The van der Waals surface area contributed by atoms with Gasteiger partial charge in [-0.05, 0) is 30.3 Å². The Hall–Kier alpha value is -2.36. The average Bonchev–Trinajstić information content (AvgIpc) is 2.51. The highest BCUT2D eigenvalue weighted by atomic mass is 16.5. The third kappa shape index (κ3) is 2.37. The molecule has 1 aliphatic rings. The molecule has 0 aliphatic carbocycles. The summed E-state index contributed by atoms with van der Waals surface area (Å²) in [5.41, 5.74) is 1.50. The number of Topliss-reactive ketones (excluding diaryl/α,β-unsaturated/α-hetero) is 1. The Labute approximate surface area is 117 Å². The Balaban J connectivity index is 1.85. The summed E-state index contributed by atoms with van der Waals surface area (Å²) in [4.78, 5) is 16.8. The van der Waals surface area contributed by atoms with Crippen molar-refractivity contribution < 1.29 is 14.3 Å². The Morgan fingerprint density at radius 1 is 1.35 bits per heavy atom. The minimum Gasteiger partial charge on any atom is -0.497 e. The lowest BCUT2D eigenvalue weighted by molar-refractivity contribution is 0.0829. The number of hydrogen-bond donors (Lipinski definition) is 0. The second-order valence-corrected chi connectivity index (χ2v) is 4.76. The number of carbonyl (C=O) groups excluding carboxylic acids is 1. The van der Waals surface area contributed by atoms with Gasteiger partial charge in [0, 0.05) is 18.3 Å². The number of methoxy groups -OCH3 is 1. The van der Waals surface area contributed by atoms with Crippen LogP contribution in [0.3, 0.4) is 0 Å². The quantitative estimate of drug-likeness (QED) is 0.859. The number of aromatic nitrogens is 1. The number of hydrogen-bond acceptors (Lipinski definition) is 4. The van der Waals surface area contributed by atoms with Crippen LogP contribution in [0.15, 0.2) is 42.6 Å². The molecule has 4 heteroatoms. The van der Waals surface area contributed by atoms with E-state index in [1.165, 1.54) is 0 Å².